The van der Waals surface area contributed by atoms with Crippen LogP contribution in [0.3, 0.4) is 0 Å². The van der Waals surface area contributed by atoms with Gasteiger partial charge in [0.25, 0.3) is 5.91 Å². The van der Waals surface area contributed by atoms with Gasteiger partial charge in [0.05, 0.1) is 23.8 Å². The first kappa shape index (κ1) is 30.2. The highest BCUT2D eigenvalue weighted by atomic mass is 16.3. The van der Waals surface area contributed by atoms with Gasteiger partial charge in [-0.2, -0.15) is 5.10 Å². The maximum Gasteiger partial charge on any atom is 0.274 e. The number of piperidine rings is 2. The van der Waals surface area contributed by atoms with Crippen LogP contribution in [0.4, 0.5) is 5.69 Å². The molecule has 2 saturated heterocycles. The van der Waals surface area contributed by atoms with E-state index in [-0.39, 0.29) is 5.91 Å². The van der Waals surface area contributed by atoms with E-state index >= 15 is 0 Å². The molecule has 1 aromatic carbocycles. The molecule has 9 nitrogen and oxygen atoms in total. The molecule has 1 amide bonds. The lowest BCUT2D eigenvalue weighted by Gasteiger charge is -2.46. The molecule has 3 N–H and O–H groups in total. The van der Waals surface area contributed by atoms with Crippen LogP contribution >= 0.6 is 0 Å². The van der Waals surface area contributed by atoms with E-state index in [9.17, 15) is 9.90 Å². The van der Waals surface area contributed by atoms with Gasteiger partial charge < -0.3 is 15.7 Å². The molecule has 1 spiro atoms. The minimum atomic E-state index is -1.15. The van der Waals surface area contributed by atoms with Gasteiger partial charge in [-0.3, -0.25) is 19.3 Å². The lowest BCUT2D eigenvalue weighted by Crippen LogP contribution is -2.48. The number of pyridine rings is 1. The third-order valence-electron chi connectivity index (χ3n) is 10.3. The number of hydrogen-bond donors (Lipinski definition) is 3. The molecule has 6 rings (SSSR count). The van der Waals surface area contributed by atoms with Crippen LogP contribution in [0.2, 0.25) is 0 Å². The molecule has 3 fully saturated rings. The maximum atomic E-state index is 13.0. The van der Waals surface area contributed by atoms with Gasteiger partial charge in [0.15, 0.2) is 0 Å². The summed E-state index contributed by atoms with van der Waals surface area (Å²) in [6, 6.07) is 10.3. The first-order valence-corrected chi connectivity index (χ1v) is 16.2. The largest absolute Gasteiger partial charge is 0.386 e. The summed E-state index contributed by atoms with van der Waals surface area (Å²) in [6.45, 7) is 10.9. The zero-order valence-electron chi connectivity index (χ0n) is 26.4. The summed E-state index contributed by atoms with van der Waals surface area (Å²) in [5.74, 6) is -0.294. The van der Waals surface area contributed by atoms with Gasteiger partial charge in [-0.25, -0.2) is 4.98 Å². The molecule has 0 bridgehead atoms. The second-order valence-electron chi connectivity index (χ2n) is 14.0. The number of anilines is 1. The van der Waals surface area contributed by atoms with E-state index in [0.29, 0.717) is 34.4 Å². The molecule has 232 valence electrons. The SMILES string of the molecule is Cc1cccc(C(=O)Nc2cc3cn(C4CCN(CN(C)C5CCC6(CCNCC6)CC5)CC4)nc3cc2C(C)(C)O)n1. The molecule has 9 heteroatoms. The summed E-state index contributed by atoms with van der Waals surface area (Å²) in [4.78, 5) is 22.6. The average molecular weight is 588 g/mol. The first-order valence-electron chi connectivity index (χ1n) is 16.2. The molecule has 2 aromatic heterocycles. The minimum Gasteiger partial charge on any atom is -0.386 e. The maximum absolute atomic E-state index is 13.0. The van der Waals surface area contributed by atoms with Crippen molar-refractivity contribution in [3.63, 3.8) is 0 Å². The van der Waals surface area contributed by atoms with Crippen molar-refractivity contribution in [1.82, 2.24) is 29.9 Å². The fourth-order valence-electron chi connectivity index (χ4n) is 7.61. The molecule has 3 aromatic rings. The lowest BCUT2D eigenvalue weighted by atomic mass is 9.67. The molecular weight excluding hydrogens is 538 g/mol. The van der Waals surface area contributed by atoms with Crippen molar-refractivity contribution in [2.45, 2.75) is 89.8 Å². The van der Waals surface area contributed by atoms with Crippen molar-refractivity contribution in [1.29, 1.82) is 0 Å². The molecule has 2 aliphatic heterocycles. The Kier molecular flexibility index (Phi) is 8.61. The molecule has 1 saturated carbocycles. The van der Waals surface area contributed by atoms with Crippen molar-refractivity contribution >= 4 is 22.5 Å². The zero-order valence-corrected chi connectivity index (χ0v) is 26.4. The van der Waals surface area contributed by atoms with Crippen LogP contribution in [0.25, 0.3) is 10.9 Å². The van der Waals surface area contributed by atoms with E-state index < -0.39 is 5.60 Å². The number of nitrogens with zero attached hydrogens (tertiary/aromatic N) is 5. The Hall–Kier alpha value is -2.85. The summed E-state index contributed by atoms with van der Waals surface area (Å²) in [5, 5.41) is 23.4. The molecule has 3 aliphatic rings. The van der Waals surface area contributed by atoms with Gasteiger partial charge in [0.1, 0.15) is 5.69 Å². The number of benzene rings is 1. The summed E-state index contributed by atoms with van der Waals surface area (Å²) in [6.07, 6.45) is 12.4. The number of nitrogens with one attached hydrogen (secondary N) is 2. The van der Waals surface area contributed by atoms with E-state index in [1.54, 1.807) is 19.9 Å². The van der Waals surface area contributed by atoms with E-state index in [2.05, 4.69) is 43.3 Å². The molecule has 4 heterocycles. The number of carbonyl (C=O) groups excluding carboxylic acids is 1. The number of aromatic nitrogens is 3. The second kappa shape index (κ2) is 12.3. The van der Waals surface area contributed by atoms with Crippen molar-refractivity contribution < 1.29 is 9.90 Å². The van der Waals surface area contributed by atoms with Crippen molar-refractivity contribution in [2.24, 2.45) is 5.41 Å². The van der Waals surface area contributed by atoms with E-state index in [1.807, 2.05) is 31.2 Å². The number of likely N-dealkylation sites (tertiary alicyclic amines) is 1. The molecule has 0 radical (unpaired) electrons. The highest BCUT2D eigenvalue weighted by molar-refractivity contribution is 6.04. The predicted octanol–water partition coefficient (Wildman–Crippen LogP) is 5.06. The number of fused-ring (bicyclic) bond motifs is 1. The van der Waals surface area contributed by atoms with Crippen LogP contribution < -0.4 is 10.6 Å². The number of amides is 1. The fraction of sp³-hybridized carbons (Fsp3) is 0.618. The predicted molar refractivity (Wildman–Crippen MR) is 171 cm³/mol. The topological polar surface area (TPSA) is 98.6 Å². The lowest BCUT2D eigenvalue weighted by molar-refractivity contribution is 0.0376. The van der Waals surface area contributed by atoms with Crippen molar-refractivity contribution in [3.05, 3.63) is 53.5 Å². The normalized spacial score (nSPS) is 20.7. The van der Waals surface area contributed by atoms with Crippen LogP contribution in [0.15, 0.2) is 36.5 Å². The third kappa shape index (κ3) is 6.80. The minimum absolute atomic E-state index is 0.294. The second-order valence-corrected chi connectivity index (χ2v) is 14.0. The van der Waals surface area contributed by atoms with E-state index in [0.717, 1.165) is 49.2 Å². The quantitative estimate of drug-likeness (QED) is 0.356. The van der Waals surface area contributed by atoms with E-state index in [4.69, 9.17) is 5.10 Å². The van der Waals surface area contributed by atoms with Gasteiger partial charge >= 0.3 is 0 Å². The van der Waals surface area contributed by atoms with Crippen LogP contribution in [-0.4, -0.2) is 81.5 Å². The summed E-state index contributed by atoms with van der Waals surface area (Å²) < 4.78 is 2.10. The molecular formula is C34H49N7O2. The Morgan fingerprint density at radius 1 is 1.12 bits per heavy atom. The average Bonchev–Trinajstić information content (AvgIpc) is 3.40. The van der Waals surface area contributed by atoms with Gasteiger partial charge in [-0.15, -0.1) is 0 Å². The highest BCUT2D eigenvalue weighted by Gasteiger charge is 2.37. The van der Waals surface area contributed by atoms with E-state index in [1.165, 1.54) is 51.6 Å². The number of carbonyl (C=O) groups is 1. The Morgan fingerprint density at radius 2 is 1.84 bits per heavy atom. The molecule has 0 atom stereocenters. The van der Waals surface area contributed by atoms with Crippen LogP contribution in [0.1, 0.15) is 93.0 Å². The zero-order chi connectivity index (χ0) is 30.2. The third-order valence-corrected chi connectivity index (χ3v) is 10.3. The Bertz CT molecular complexity index is 1420. The molecule has 1 aliphatic carbocycles. The van der Waals surface area contributed by atoms with Gasteiger partial charge in [0, 0.05) is 47.7 Å². The number of aryl methyl sites for hydroxylation is 1. The van der Waals surface area contributed by atoms with Gasteiger partial charge in [-0.05, 0) is 122 Å². The van der Waals surface area contributed by atoms with Crippen LogP contribution in [0, 0.1) is 12.3 Å². The Balaban J connectivity index is 1.08. The monoisotopic (exact) mass is 587 g/mol. The number of rotatable bonds is 7. The van der Waals surface area contributed by atoms with Crippen LogP contribution in [-0.2, 0) is 5.60 Å². The smallest absolute Gasteiger partial charge is 0.274 e. The number of hydrogen-bond acceptors (Lipinski definition) is 7. The number of aliphatic hydroxyl groups is 1. The highest BCUT2D eigenvalue weighted by Crippen LogP contribution is 2.44. The van der Waals surface area contributed by atoms with Crippen LogP contribution in [0.5, 0.6) is 0 Å². The summed E-state index contributed by atoms with van der Waals surface area (Å²) in [7, 11) is 2.32. The first-order chi connectivity index (χ1) is 20.6. The summed E-state index contributed by atoms with van der Waals surface area (Å²) in [5.41, 5.74) is 2.65. The molecule has 0 unspecified atom stereocenters. The Labute approximate surface area is 256 Å². The van der Waals surface area contributed by atoms with Gasteiger partial charge in [-0.1, -0.05) is 6.07 Å². The summed E-state index contributed by atoms with van der Waals surface area (Å²) >= 11 is 0. The Morgan fingerprint density at radius 3 is 2.51 bits per heavy atom. The van der Waals surface area contributed by atoms with Gasteiger partial charge in [0.2, 0.25) is 0 Å². The standard InChI is InChI=1S/C34H49N7O2/c1-24-6-5-7-29(36-24)32(42)37-31-20-25-22-41(38-30(25)21-28(31)33(2,3)43)27-10-18-40(19-11-27)23-39(4)26-8-12-34(13-9-26)14-16-35-17-15-34/h5-7,20-22,26-27,35,43H,8-19,23H2,1-4H3,(H,37,42). The fourth-order valence-corrected chi connectivity index (χ4v) is 7.61. The molecule has 43 heavy (non-hydrogen) atoms. The van der Waals surface area contributed by atoms with Crippen molar-refractivity contribution in [2.75, 3.05) is 45.2 Å². The van der Waals surface area contributed by atoms with Crippen molar-refractivity contribution in [3.8, 4) is 0 Å².